The summed E-state index contributed by atoms with van der Waals surface area (Å²) in [6.07, 6.45) is 1.87. The van der Waals surface area contributed by atoms with E-state index in [9.17, 15) is 14.3 Å². The zero-order valence-corrected chi connectivity index (χ0v) is 8.31. The van der Waals surface area contributed by atoms with Crippen LogP contribution in [0.1, 0.15) is 29.5 Å². The predicted octanol–water partition coefficient (Wildman–Crippen LogP) is 0.874. The van der Waals surface area contributed by atoms with Gasteiger partial charge >= 0.3 is 0 Å². The number of aromatic nitrogens is 2. The molecule has 4 nitrogen and oxygen atoms in total. The third-order valence-corrected chi connectivity index (χ3v) is 2.75. The molecule has 0 unspecified atom stereocenters. The van der Waals surface area contributed by atoms with Crippen molar-refractivity contribution in [2.75, 3.05) is 0 Å². The molecule has 0 amide bonds. The van der Waals surface area contributed by atoms with Gasteiger partial charge in [0.2, 0.25) is 0 Å². The van der Waals surface area contributed by atoms with Crippen LogP contribution in [0.2, 0.25) is 0 Å². The van der Waals surface area contributed by atoms with E-state index in [4.69, 9.17) is 0 Å². The van der Waals surface area contributed by atoms with Crippen LogP contribution in [0.5, 0.6) is 0 Å². The number of nitrogens with zero attached hydrogens (tertiary/aromatic N) is 2. The minimum Gasteiger partial charge on any atom is -0.542 e. The molecule has 16 heavy (non-hydrogen) atoms. The first-order valence-electron chi connectivity index (χ1n) is 5.05. The second kappa shape index (κ2) is 3.04. The Bertz CT molecular complexity index is 587. The normalized spacial score (nSPS) is 15.6. The smallest absolute Gasteiger partial charge is 0.157 e. The van der Waals surface area contributed by atoms with Gasteiger partial charge in [-0.15, -0.1) is 0 Å². The number of aromatic carboxylic acids is 1. The molecule has 0 spiro atoms. The lowest BCUT2D eigenvalue weighted by atomic mass is 10.3. The summed E-state index contributed by atoms with van der Waals surface area (Å²) in [7, 11) is 0. The van der Waals surface area contributed by atoms with E-state index in [-0.39, 0.29) is 11.9 Å². The van der Waals surface area contributed by atoms with Crippen molar-refractivity contribution in [1.82, 2.24) is 9.55 Å². The number of hydrogen-bond acceptors (Lipinski definition) is 3. The second-order valence-electron chi connectivity index (χ2n) is 3.96. The fourth-order valence-electron chi connectivity index (χ4n) is 1.92. The molecule has 1 saturated carbocycles. The van der Waals surface area contributed by atoms with E-state index in [1.165, 1.54) is 12.1 Å². The highest BCUT2D eigenvalue weighted by atomic mass is 19.1. The largest absolute Gasteiger partial charge is 0.542 e. The lowest BCUT2D eigenvalue weighted by Gasteiger charge is -2.07. The van der Waals surface area contributed by atoms with E-state index in [0.717, 1.165) is 12.8 Å². The van der Waals surface area contributed by atoms with Crippen LogP contribution in [-0.4, -0.2) is 15.5 Å². The summed E-state index contributed by atoms with van der Waals surface area (Å²) < 4.78 is 14.6. The Balaban J connectivity index is 2.32. The van der Waals surface area contributed by atoms with Crippen LogP contribution in [0.3, 0.4) is 0 Å². The van der Waals surface area contributed by atoms with Crippen molar-refractivity contribution in [3.8, 4) is 0 Å². The summed E-state index contributed by atoms with van der Waals surface area (Å²) in [4.78, 5) is 14.8. The van der Waals surface area contributed by atoms with Gasteiger partial charge < -0.3 is 14.5 Å². The first-order chi connectivity index (χ1) is 7.66. The third-order valence-electron chi connectivity index (χ3n) is 2.75. The summed E-state index contributed by atoms with van der Waals surface area (Å²) in [6.45, 7) is 0. The average Bonchev–Trinajstić information content (AvgIpc) is 2.99. The number of fused-ring (bicyclic) bond motifs is 1. The van der Waals surface area contributed by atoms with Crippen LogP contribution in [0, 0.1) is 5.82 Å². The maximum absolute atomic E-state index is 13.0. The molecule has 0 saturated heterocycles. The van der Waals surface area contributed by atoms with Gasteiger partial charge in [-0.1, -0.05) is 0 Å². The lowest BCUT2D eigenvalue weighted by Crippen LogP contribution is -2.26. The lowest BCUT2D eigenvalue weighted by molar-refractivity contribution is -0.256. The quantitative estimate of drug-likeness (QED) is 0.753. The first-order valence-corrected chi connectivity index (χ1v) is 5.05. The van der Waals surface area contributed by atoms with E-state index in [1.54, 1.807) is 10.6 Å². The highest BCUT2D eigenvalue weighted by Crippen LogP contribution is 2.38. The van der Waals surface area contributed by atoms with Crippen molar-refractivity contribution < 1.29 is 14.3 Å². The highest BCUT2D eigenvalue weighted by Gasteiger charge is 2.28. The van der Waals surface area contributed by atoms with Gasteiger partial charge in [-0.2, -0.15) is 0 Å². The molecule has 0 aliphatic heterocycles. The molecule has 0 radical (unpaired) electrons. The van der Waals surface area contributed by atoms with Crippen molar-refractivity contribution in [1.29, 1.82) is 0 Å². The number of carboxylic acids is 1. The Labute approximate surface area is 90.3 Å². The number of carbonyl (C=O) groups excluding carboxylic acids is 1. The van der Waals surface area contributed by atoms with Gasteiger partial charge in [0.05, 0.1) is 11.0 Å². The molecule has 82 valence electrons. The van der Waals surface area contributed by atoms with E-state index < -0.39 is 11.8 Å². The number of carbonyl (C=O) groups is 1. The number of carboxylic acid groups (broad SMARTS) is 1. The molecule has 1 aromatic carbocycles. The van der Waals surface area contributed by atoms with Crippen LogP contribution in [0.4, 0.5) is 4.39 Å². The summed E-state index contributed by atoms with van der Waals surface area (Å²) in [5.41, 5.74) is 1.02. The molecule has 3 rings (SSSR count). The van der Waals surface area contributed by atoms with Crippen LogP contribution >= 0.6 is 0 Å². The molecule has 1 aliphatic rings. The van der Waals surface area contributed by atoms with E-state index in [0.29, 0.717) is 11.0 Å². The highest BCUT2D eigenvalue weighted by molar-refractivity contribution is 5.88. The van der Waals surface area contributed by atoms with Gasteiger partial charge in [0.1, 0.15) is 11.8 Å². The SMILES string of the molecule is O=C([O-])c1nc2cc(F)ccc2n1C1CC1. The Hall–Kier alpha value is -1.91. The topological polar surface area (TPSA) is 57.9 Å². The molecule has 5 heteroatoms. The molecule has 2 aromatic rings. The van der Waals surface area contributed by atoms with Gasteiger partial charge in [-0.3, -0.25) is 0 Å². The van der Waals surface area contributed by atoms with Gasteiger partial charge in [0.25, 0.3) is 0 Å². The first kappa shape index (κ1) is 9.33. The van der Waals surface area contributed by atoms with Crippen molar-refractivity contribution in [3.63, 3.8) is 0 Å². The fraction of sp³-hybridized carbons (Fsp3) is 0.273. The molecule has 0 atom stereocenters. The van der Waals surface area contributed by atoms with E-state index in [1.807, 2.05) is 0 Å². The second-order valence-corrected chi connectivity index (χ2v) is 3.96. The summed E-state index contributed by atoms with van der Waals surface area (Å²) in [5.74, 6) is -1.84. The van der Waals surface area contributed by atoms with Crippen molar-refractivity contribution >= 4 is 17.0 Å². The Kier molecular flexibility index (Phi) is 1.77. The molecule has 1 aliphatic carbocycles. The fourth-order valence-corrected chi connectivity index (χ4v) is 1.92. The van der Waals surface area contributed by atoms with Gasteiger partial charge in [-0.05, 0) is 25.0 Å². The van der Waals surface area contributed by atoms with E-state index in [2.05, 4.69) is 4.98 Å². The van der Waals surface area contributed by atoms with Crippen molar-refractivity contribution in [2.45, 2.75) is 18.9 Å². The average molecular weight is 219 g/mol. The third kappa shape index (κ3) is 1.28. The van der Waals surface area contributed by atoms with Gasteiger partial charge in [-0.25, -0.2) is 9.37 Å². The molecular formula is C11H8FN2O2-. The number of hydrogen-bond donors (Lipinski definition) is 0. The summed E-state index contributed by atoms with van der Waals surface area (Å²) >= 11 is 0. The van der Waals surface area contributed by atoms with Crippen LogP contribution in [0.15, 0.2) is 18.2 Å². The summed E-state index contributed by atoms with van der Waals surface area (Å²) in [5, 5.41) is 10.9. The Morgan fingerprint density at radius 3 is 2.88 bits per heavy atom. The predicted molar refractivity (Wildman–Crippen MR) is 52.3 cm³/mol. The molecule has 1 heterocycles. The summed E-state index contributed by atoms with van der Waals surface area (Å²) in [6, 6.07) is 4.27. The number of halogens is 1. The van der Waals surface area contributed by atoms with E-state index >= 15 is 0 Å². The minimum absolute atomic E-state index is 0.108. The molecule has 1 fully saturated rings. The molecule has 1 aromatic heterocycles. The monoisotopic (exact) mass is 219 g/mol. The number of benzene rings is 1. The Morgan fingerprint density at radius 2 is 2.25 bits per heavy atom. The van der Waals surface area contributed by atoms with Crippen LogP contribution < -0.4 is 5.11 Å². The minimum atomic E-state index is -1.32. The number of rotatable bonds is 2. The Morgan fingerprint density at radius 1 is 1.50 bits per heavy atom. The van der Waals surface area contributed by atoms with Crippen molar-refractivity contribution in [2.24, 2.45) is 0 Å². The zero-order chi connectivity index (χ0) is 11.3. The standard InChI is InChI=1S/C11H9FN2O2/c12-6-1-4-9-8(5-6)13-10(11(15)16)14(9)7-2-3-7/h1,4-5,7H,2-3H2,(H,15,16)/p-1. The maximum Gasteiger partial charge on any atom is 0.157 e. The molecular weight excluding hydrogens is 211 g/mol. The maximum atomic E-state index is 13.0. The number of imidazole rings is 1. The van der Waals surface area contributed by atoms with Crippen LogP contribution in [0.25, 0.3) is 11.0 Å². The van der Waals surface area contributed by atoms with Crippen molar-refractivity contribution in [3.05, 3.63) is 29.8 Å². The zero-order valence-electron chi connectivity index (χ0n) is 8.31. The van der Waals surface area contributed by atoms with Gasteiger partial charge in [0.15, 0.2) is 5.82 Å². The van der Waals surface area contributed by atoms with Gasteiger partial charge in [0, 0.05) is 12.1 Å². The molecule has 0 N–H and O–H groups in total. The van der Waals surface area contributed by atoms with Crippen LogP contribution in [-0.2, 0) is 0 Å². The molecule has 0 bridgehead atoms.